The van der Waals surface area contributed by atoms with E-state index in [1.165, 1.54) is 0 Å². The maximum absolute atomic E-state index is 12.9. The van der Waals surface area contributed by atoms with Gasteiger partial charge in [0, 0.05) is 0 Å². The lowest BCUT2D eigenvalue weighted by Gasteiger charge is -2.33. The highest BCUT2D eigenvalue weighted by Gasteiger charge is 2.34. The molecule has 4 rings (SSSR count). The van der Waals surface area contributed by atoms with Crippen molar-refractivity contribution in [3.63, 3.8) is 0 Å². The smallest absolute Gasteiger partial charge is 0.305 e. The zero-order valence-corrected chi connectivity index (χ0v) is 22.1. The lowest BCUT2D eigenvalue weighted by Crippen LogP contribution is -2.40. The maximum Gasteiger partial charge on any atom is 0.305 e. The Balaban J connectivity index is 1.31. The predicted octanol–water partition coefficient (Wildman–Crippen LogP) is 6.18. The molecule has 4 unspecified atom stereocenters. The van der Waals surface area contributed by atoms with Gasteiger partial charge in [0.15, 0.2) is 0 Å². The Morgan fingerprint density at radius 2 is 0.917 bits per heavy atom. The van der Waals surface area contributed by atoms with Crippen LogP contribution in [-0.2, 0) is 19.7 Å². The van der Waals surface area contributed by atoms with Gasteiger partial charge in [-0.25, -0.2) is 0 Å². The molecule has 0 radical (unpaired) electrons. The highest BCUT2D eigenvalue weighted by molar-refractivity contribution is 7.75. The van der Waals surface area contributed by atoms with Gasteiger partial charge in [0.05, 0.1) is 13.2 Å². The minimum absolute atomic E-state index is 0.175. The van der Waals surface area contributed by atoms with E-state index in [0.717, 1.165) is 74.4 Å². The van der Waals surface area contributed by atoms with Crippen LogP contribution in [0.3, 0.4) is 0 Å². The molecule has 2 aliphatic carbocycles. The summed E-state index contributed by atoms with van der Waals surface area (Å²) in [6.45, 7) is 5.16. The van der Waals surface area contributed by atoms with Gasteiger partial charge >= 0.3 is 11.4 Å². The van der Waals surface area contributed by atoms with Crippen LogP contribution >= 0.6 is 0 Å². The fraction of sp³-hybridized carbons (Fsp3) is 0.571. The first-order chi connectivity index (χ1) is 17.6. The minimum Gasteiger partial charge on any atom is -0.494 e. The molecule has 0 N–H and O–H groups in total. The molecule has 2 fully saturated rings. The molecule has 0 bridgehead atoms. The normalized spacial score (nSPS) is 25.1. The van der Waals surface area contributed by atoms with Gasteiger partial charge in [-0.1, -0.05) is 12.8 Å². The van der Waals surface area contributed by atoms with Crippen LogP contribution in [0.5, 0.6) is 23.0 Å². The van der Waals surface area contributed by atoms with E-state index < -0.39 is 11.4 Å². The summed E-state index contributed by atoms with van der Waals surface area (Å²) >= 11 is -1.89. The van der Waals surface area contributed by atoms with Crippen molar-refractivity contribution in [2.45, 2.75) is 89.6 Å². The van der Waals surface area contributed by atoms with Gasteiger partial charge in [-0.2, -0.15) is 4.21 Å². The van der Waals surface area contributed by atoms with Crippen molar-refractivity contribution in [1.82, 2.24) is 0 Å². The third-order valence-electron chi connectivity index (χ3n) is 6.53. The molecule has 0 aromatic heterocycles. The Morgan fingerprint density at radius 1 is 0.583 bits per heavy atom. The van der Waals surface area contributed by atoms with Crippen LogP contribution in [0.2, 0.25) is 0 Å². The van der Waals surface area contributed by atoms with Crippen LogP contribution < -0.4 is 18.9 Å². The van der Waals surface area contributed by atoms with Crippen molar-refractivity contribution < 1.29 is 31.5 Å². The van der Waals surface area contributed by atoms with Gasteiger partial charge in [0.1, 0.15) is 47.4 Å². The Morgan fingerprint density at radius 3 is 1.28 bits per heavy atom. The Labute approximate surface area is 217 Å². The number of hydrogen-bond acceptors (Lipinski definition) is 7. The largest absolute Gasteiger partial charge is 0.494 e. The van der Waals surface area contributed by atoms with E-state index in [-0.39, 0.29) is 24.4 Å². The molecule has 7 nitrogen and oxygen atoms in total. The molecule has 2 saturated carbocycles. The lowest BCUT2D eigenvalue weighted by molar-refractivity contribution is -0.00312. The molecule has 2 aliphatic rings. The lowest BCUT2D eigenvalue weighted by atomic mass is 9.95. The molecule has 0 aliphatic heterocycles. The summed E-state index contributed by atoms with van der Waals surface area (Å²) in [5.41, 5.74) is 0. The SMILES string of the molecule is CCOc1ccc(OC2CCCCC2OS(=O)OC2CCCCC2Oc2ccc(OCC)cc2)cc1. The first-order valence-electron chi connectivity index (χ1n) is 13.2. The van der Waals surface area contributed by atoms with Gasteiger partial charge in [0.25, 0.3) is 0 Å². The third-order valence-corrected chi connectivity index (χ3v) is 7.34. The van der Waals surface area contributed by atoms with Crippen LogP contribution in [0.25, 0.3) is 0 Å². The molecular formula is C28H38O7S. The molecular weight excluding hydrogens is 480 g/mol. The molecule has 2 aromatic carbocycles. The second-order valence-corrected chi connectivity index (χ2v) is 9.96. The zero-order chi connectivity index (χ0) is 25.2. The first kappa shape index (κ1) is 26.8. The van der Waals surface area contributed by atoms with Crippen LogP contribution in [0.1, 0.15) is 65.2 Å². The number of hydrogen-bond donors (Lipinski definition) is 0. The van der Waals surface area contributed by atoms with E-state index in [9.17, 15) is 4.21 Å². The average Bonchev–Trinajstić information content (AvgIpc) is 2.89. The van der Waals surface area contributed by atoms with Gasteiger partial charge in [-0.05, 0) is 101 Å². The number of benzene rings is 2. The molecule has 0 amide bonds. The van der Waals surface area contributed by atoms with E-state index in [4.69, 9.17) is 27.3 Å². The van der Waals surface area contributed by atoms with E-state index in [0.29, 0.717) is 13.2 Å². The molecule has 0 saturated heterocycles. The van der Waals surface area contributed by atoms with Crippen molar-refractivity contribution in [2.75, 3.05) is 13.2 Å². The van der Waals surface area contributed by atoms with Crippen molar-refractivity contribution in [3.8, 4) is 23.0 Å². The molecule has 2 aromatic rings. The Kier molecular flexibility index (Phi) is 10.3. The summed E-state index contributed by atoms with van der Waals surface area (Å²) in [5, 5.41) is 0. The summed E-state index contributed by atoms with van der Waals surface area (Å²) in [6, 6.07) is 15.2. The fourth-order valence-corrected chi connectivity index (χ4v) is 5.64. The molecule has 0 heterocycles. The Bertz CT molecular complexity index is 858. The number of rotatable bonds is 12. The van der Waals surface area contributed by atoms with Gasteiger partial charge in [-0.3, -0.25) is 8.37 Å². The van der Waals surface area contributed by atoms with E-state index in [1.54, 1.807) is 0 Å². The summed E-state index contributed by atoms with van der Waals surface area (Å²) in [6.07, 6.45) is 6.46. The monoisotopic (exact) mass is 518 g/mol. The third kappa shape index (κ3) is 7.85. The molecule has 198 valence electrons. The predicted molar refractivity (Wildman–Crippen MR) is 139 cm³/mol. The van der Waals surface area contributed by atoms with Crippen LogP contribution in [-0.4, -0.2) is 41.8 Å². The molecule has 4 atom stereocenters. The summed E-state index contributed by atoms with van der Waals surface area (Å²) in [5.74, 6) is 3.12. The summed E-state index contributed by atoms with van der Waals surface area (Å²) in [4.78, 5) is 0. The highest BCUT2D eigenvalue weighted by atomic mass is 32.2. The van der Waals surface area contributed by atoms with Crippen molar-refractivity contribution in [2.24, 2.45) is 0 Å². The van der Waals surface area contributed by atoms with Crippen molar-refractivity contribution in [1.29, 1.82) is 0 Å². The standard InChI is InChI=1S/C28H38O7S/c1-3-30-21-13-17-23(18-14-21)32-25-9-5-7-11-27(25)34-36(29)35-28-12-8-6-10-26(28)33-24-19-15-22(16-20-24)31-4-2/h13-20,25-28H,3-12H2,1-2H3. The van der Waals surface area contributed by atoms with Crippen LogP contribution in [0, 0.1) is 0 Å². The van der Waals surface area contributed by atoms with E-state index in [2.05, 4.69) is 0 Å². The second kappa shape index (κ2) is 13.9. The topological polar surface area (TPSA) is 72.5 Å². The van der Waals surface area contributed by atoms with Crippen LogP contribution in [0.15, 0.2) is 48.5 Å². The highest BCUT2D eigenvalue weighted by Crippen LogP contribution is 2.30. The van der Waals surface area contributed by atoms with E-state index in [1.807, 2.05) is 62.4 Å². The van der Waals surface area contributed by atoms with Crippen LogP contribution in [0.4, 0.5) is 0 Å². The fourth-order valence-electron chi connectivity index (χ4n) is 4.75. The second-order valence-electron chi connectivity index (χ2n) is 9.16. The van der Waals surface area contributed by atoms with E-state index >= 15 is 0 Å². The average molecular weight is 519 g/mol. The zero-order valence-electron chi connectivity index (χ0n) is 21.3. The van der Waals surface area contributed by atoms with Crippen molar-refractivity contribution in [3.05, 3.63) is 48.5 Å². The molecule has 36 heavy (non-hydrogen) atoms. The maximum atomic E-state index is 12.9. The number of ether oxygens (including phenoxy) is 4. The van der Waals surface area contributed by atoms with Gasteiger partial charge in [-0.15, -0.1) is 0 Å². The summed E-state index contributed by atoms with van der Waals surface area (Å²) < 4.78 is 48.2. The van der Waals surface area contributed by atoms with Gasteiger partial charge in [0.2, 0.25) is 0 Å². The minimum atomic E-state index is -1.89. The molecule has 8 heteroatoms. The van der Waals surface area contributed by atoms with Crippen molar-refractivity contribution >= 4 is 11.4 Å². The Hall–Kier alpha value is -2.29. The first-order valence-corrected chi connectivity index (χ1v) is 14.2. The molecule has 0 spiro atoms. The summed E-state index contributed by atoms with van der Waals surface area (Å²) in [7, 11) is 0. The quantitative estimate of drug-likeness (QED) is 0.332. The van der Waals surface area contributed by atoms with Gasteiger partial charge < -0.3 is 18.9 Å².